The lowest BCUT2D eigenvalue weighted by Crippen LogP contribution is -2.29. The minimum absolute atomic E-state index is 0.0885. The minimum Gasteiger partial charge on any atom is -0.370 e. The Balaban J connectivity index is 1.95. The summed E-state index contributed by atoms with van der Waals surface area (Å²) >= 11 is 0. The molecule has 1 aromatic heterocycles. The van der Waals surface area contributed by atoms with Gasteiger partial charge in [-0.2, -0.15) is 0 Å². The van der Waals surface area contributed by atoms with E-state index in [1.807, 2.05) is 30.1 Å². The number of carbonyl (C=O) groups excluding carboxylic acids is 1. The number of nitrogens with zero attached hydrogens (tertiary/aromatic N) is 3. The quantitative estimate of drug-likeness (QED) is 0.938. The van der Waals surface area contributed by atoms with Gasteiger partial charge in [0.2, 0.25) is 0 Å². The summed E-state index contributed by atoms with van der Waals surface area (Å²) in [5.41, 5.74) is 2.04. The first-order chi connectivity index (χ1) is 10.2. The fourth-order valence-electron chi connectivity index (χ4n) is 2.66. The van der Waals surface area contributed by atoms with Gasteiger partial charge in [-0.25, -0.2) is 9.78 Å². The van der Waals surface area contributed by atoms with Gasteiger partial charge in [0.1, 0.15) is 5.82 Å². The maximum absolute atomic E-state index is 12.1. The van der Waals surface area contributed by atoms with Crippen LogP contribution in [0.3, 0.4) is 0 Å². The molecule has 0 spiro atoms. The predicted octanol–water partition coefficient (Wildman–Crippen LogP) is 2.53. The molecule has 3 rings (SSSR count). The van der Waals surface area contributed by atoms with Gasteiger partial charge in [0.25, 0.3) is 0 Å². The summed E-state index contributed by atoms with van der Waals surface area (Å²) in [5, 5.41) is 4.41. The number of benzene rings is 1. The molecule has 0 radical (unpaired) electrons. The summed E-state index contributed by atoms with van der Waals surface area (Å²) in [6.07, 6.45) is 0. The second kappa shape index (κ2) is 5.60. The standard InChI is InChI=1S/C16H20N4O/c1-3-17-15-13(11-20-9-8-19(2)16(20)21)10-12-6-4-5-7-14(12)18-15/h4-7,10H,3,8-9,11H2,1-2H3,(H,17,18). The second-order valence-corrected chi connectivity index (χ2v) is 5.34. The number of amides is 2. The molecule has 0 aliphatic carbocycles. The molecule has 2 amide bonds. The van der Waals surface area contributed by atoms with Crippen LogP contribution in [0.2, 0.25) is 0 Å². The van der Waals surface area contributed by atoms with Crippen LogP contribution in [0.4, 0.5) is 10.6 Å². The molecule has 1 saturated heterocycles. The monoisotopic (exact) mass is 284 g/mol. The van der Waals surface area contributed by atoms with Gasteiger partial charge >= 0.3 is 6.03 Å². The van der Waals surface area contributed by atoms with Crippen molar-refractivity contribution in [2.75, 3.05) is 32.0 Å². The second-order valence-electron chi connectivity index (χ2n) is 5.34. The molecular formula is C16H20N4O. The summed E-state index contributed by atoms with van der Waals surface area (Å²) in [6, 6.07) is 10.3. The van der Waals surface area contributed by atoms with Gasteiger partial charge in [0.15, 0.2) is 0 Å². The number of pyridine rings is 1. The summed E-state index contributed by atoms with van der Waals surface area (Å²) in [7, 11) is 1.84. The normalized spacial score (nSPS) is 15.0. The van der Waals surface area contributed by atoms with Crippen LogP contribution in [-0.4, -0.2) is 47.5 Å². The third kappa shape index (κ3) is 2.63. The summed E-state index contributed by atoms with van der Waals surface area (Å²) in [6.45, 7) is 5.02. The lowest BCUT2D eigenvalue weighted by atomic mass is 10.1. The Morgan fingerprint density at radius 1 is 1.29 bits per heavy atom. The first-order valence-corrected chi connectivity index (χ1v) is 7.31. The number of likely N-dealkylation sites (N-methyl/N-ethyl adjacent to an activating group) is 1. The Labute approximate surface area is 124 Å². The molecular weight excluding hydrogens is 264 g/mol. The smallest absolute Gasteiger partial charge is 0.320 e. The lowest BCUT2D eigenvalue weighted by molar-refractivity contribution is 0.197. The highest BCUT2D eigenvalue weighted by Gasteiger charge is 2.26. The van der Waals surface area contributed by atoms with Crippen LogP contribution in [0.25, 0.3) is 10.9 Å². The van der Waals surface area contributed by atoms with Crippen molar-refractivity contribution >= 4 is 22.8 Å². The molecule has 1 aromatic carbocycles. The third-order valence-electron chi connectivity index (χ3n) is 3.81. The van der Waals surface area contributed by atoms with Gasteiger partial charge in [-0.05, 0) is 19.1 Å². The van der Waals surface area contributed by atoms with Crippen molar-refractivity contribution in [3.05, 3.63) is 35.9 Å². The van der Waals surface area contributed by atoms with Crippen molar-refractivity contribution in [3.8, 4) is 0 Å². The fraction of sp³-hybridized carbons (Fsp3) is 0.375. The van der Waals surface area contributed by atoms with Crippen LogP contribution in [0.1, 0.15) is 12.5 Å². The molecule has 0 unspecified atom stereocenters. The summed E-state index contributed by atoms with van der Waals surface area (Å²) in [4.78, 5) is 20.4. The van der Waals surface area contributed by atoms with E-state index in [2.05, 4.69) is 29.4 Å². The van der Waals surface area contributed by atoms with Crippen LogP contribution in [-0.2, 0) is 6.54 Å². The van der Waals surface area contributed by atoms with Crippen molar-refractivity contribution in [1.82, 2.24) is 14.8 Å². The minimum atomic E-state index is 0.0885. The highest BCUT2D eigenvalue weighted by molar-refractivity contribution is 5.82. The number of anilines is 1. The highest BCUT2D eigenvalue weighted by atomic mass is 16.2. The number of urea groups is 1. The average Bonchev–Trinajstić information content (AvgIpc) is 2.80. The number of hydrogen-bond acceptors (Lipinski definition) is 3. The van der Waals surface area contributed by atoms with Crippen LogP contribution in [0.15, 0.2) is 30.3 Å². The fourth-order valence-corrected chi connectivity index (χ4v) is 2.66. The van der Waals surface area contributed by atoms with E-state index in [0.29, 0.717) is 6.54 Å². The number of rotatable bonds is 4. The first kappa shape index (κ1) is 13.7. The van der Waals surface area contributed by atoms with Crippen LogP contribution >= 0.6 is 0 Å². The van der Waals surface area contributed by atoms with Crippen molar-refractivity contribution < 1.29 is 4.79 Å². The maximum Gasteiger partial charge on any atom is 0.320 e. The Morgan fingerprint density at radius 2 is 2.10 bits per heavy atom. The summed E-state index contributed by atoms with van der Waals surface area (Å²) < 4.78 is 0. The number of para-hydroxylation sites is 1. The number of fused-ring (bicyclic) bond motifs is 1. The van der Waals surface area contributed by atoms with E-state index in [4.69, 9.17) is 0 Å². The SMILES string of the molecule is CCNc1nc2ccccc2cc1CN1CCN(C)C1=O. The van der Waals surface area contributed by atoms with Crippen molar-refractivity contribution in [2.45, 2.75) is 13.5 Å². The molecule has 21 heavy (non-hydrogen) atoms. The largest absolute Gasteiger partial charge is 0.370 e. The van der Waals surface area contributed by atoms with Gasteiger partial charge in [-0.1, -0.05) is 18.2 Å². The van der Waals surface area contributed by atoms with Crippen LogP contribution in [0.5, 0.6) is 0 Å². The molecule has 5 heteroatoms. The molecule has 0 atom stereocenters. The Bertz CT molecular complexity index is 670. The van der Waals surface area contributed by atoms with E-state index in [1.54, 1.807) is 4.90 Å². The molecule has 110 valence electrons. The first-order valence-electron chi connectivity index (χ1n) is 7.31. The zero-order chi connectivity index (χ0) is 14.8. The van der Waals surface area contributed by atoms with Crippen molar-refractivity contribution in [2.24, 2.45) is 0 Å². The maximum atomic E-state index is 12.1. The van der Waals surface area contributed by atoms with Gasteiger partial charge in [0, 0.05) is 37.6 Å². The highest BCUT2D eigenvalue weighted by Crippen LogP contribution is 2.23. The number of carbonyl (C=O) groups is 1. The molecule has 0 bridgehead atoms. The van der Waals surface area contributed by atoms with E-state index < -0.39 is 0 Å². The molecule has 1 aliphatic rings. The van der Waals surface area contributed by atoms with Crippen molar-refractivity contribution in [1.29, 1.82) is 0 Å². The topological polar surface area (TPSA) is 48.5 Å². The van der Waals surface area contributed by atoms with Gasteiger partial charge < -0.3 is 15.1 Å². The van der Waals surface area contributed by atoms with E-state index >= 15 is 0 Å². The van der Waals surface area contributed by atoms with Crippen LogP contribution in [0, 0.1) is 0 Å². The number of nitrogens with one attached hydrogen (secondary N) is 1. The Hall–Kier alpha value is -2.30. The van der Waals surface area contributed by atoms with Gasteiger partial charge in [0.05, 0.1) is 12.1 Å². The van der Waals surface area contributed by atoms with Gasteiger partial charge in [-0.3, -0.25) is 0 Å². The Kier molecular flexibility index (Phi) is 3.64. The number of aromatic nitrogens is 1. The average molecular weight is 284 g/mol. The summed E-state index contributed by atoms with van der Waals surface area (Å²) in [5.74, 6) is 0.874. The zero-order valence-corrected chi connectivity index (χ0v) is 12.5. The molecule has 1 N–H and O–H groups in total. The van der Waals surface area contributed by atoms with E-state index in [1.165, 1.54) is 0 Å². The van der Waals surface area contributed by atoms with Crippen LogP contribution < -0.4 is 5.32 Å². The molecule has 2 aromatic rings. The molecule has 0 saturated carbocycles. The van der Waals surface area contributed by atoms with E-state index in [-0.39, 0.29) is 6.03 Å². The predicted molar refractivity (Wildman–Crippen MR) is 84.3 cm³/mol. The zero-order valence-electron chi connectivity index (χ0n) is 12.5. The van der Waals surface area contributed by atoms with Gasteiger partial charge in [-0.15, -0.1) is 0 Å². The van der Waals surface area contributed by atoms with Crippen molar-refractivity contribution in [3.63, 3.8) is 0 Å². The molecule has 2 heterocycles. The number of hydrogen-bond donors (Lipinski definition) is 1. The third-order valence-corrected chi connectivity index (χ3v) is 3.81. The lowest BCUT2D eigenvalue weighted by Gasteiger charge is -2.18. The molecule has 1 fully saturated rings. The molecule has 1 aliphatic heterocycles. The van der Waals surface area contributed by atoms with E-state index in [0.717, 1.165) is 41.9 Å². The Morgan fingerprint density at radius 3 is 2.81 bits per heavy atom. The van der Waals surface area contributed by atoms with E-state index in [9.17, 15) is 4.79 Å². The molecule has 5 nitrogen and oxygen atoms in total.